The van der Waals surface area contributed by atoms with Gasteiger partial charge in [0.15, 0.2) is 6.61 Å². The Balaban J connectivity index is 2.27. The molecule has 0 saturated heterocycles. The van der Waals surface area contributed by atoms with Crippen LogP contribution in [0.3, 0.4) is 0 Å². The van der Waals surface area contributed by atoms with Gasteiger partial charge in [-0.25, -0.2) is 4.79 Å². The Morgan fingerprint density at radius 1 is 1.17 bits per heavy atom. The van der Waals surface area contributed by atoms with E-state index in [2.05, 4.69) is 0 Å². The van der Waals surface area contributed by atoms with Gasteiger partial charge in [0.2, 0.25) is 0 Å². The highest BCUT2D eigenvalue weighted by Crippen LogP contribution is 2.29. The minimum atomic E-state index is -1.00. The van der Waals surface area contributed by atoms with Gasteiger partial charge in [0, 0.05) is 10.6 Å². The van der Waals surface area contributed by atoms with Crippen molar-refractivity contribution < 1.29 is 14.6 Å². The predicted molar refractivity (Wildman–Crippen MR) is 70.0 cm³/mol. The van der Waals surface area contributed by atoms with Crippen LogP contribution >= 0.6 is 11.6 Å². The van der Waals surface area contributed by atoms with Gasteiger partial charge in [0.05, 0.1) is 0 Å². The minimum Gasteiger partial charge on any atom is -0.482 e. The highest BCUT2D eigenvalue weighted by Gasteiger charge is 2.05. The zero-order valence-corrected chi connectivity index (χ0v) is 10.2. The molecule has 2 rings (SSSR count). The average molecular weight is 263 g/mol. The van der Waals surface area contributed by atoms with Crippen molar-refractivity contribution in [2.45, 2.75) is 0 Å². The standard InChI is InChI=1S/C14H11ClO3/c15-13-7-2-1-6-12(13)10-4-3-5-11(8-10)18-9-14(16)17/h1-8H,9H2,(H,16,17). The molecule has 0 aliphatic heterocycles. The molecule has 0 fully saturated rings. The van der Waals surface area contributed by atoms with Crippen molar-refractivity contribution in [1.82, 2.24) is 0 Å². The van der Waals surface area contributed by atoms with E-state index in [9.17, 15) is 4.79 Å². The fourth-order valence-corrected chi connectivity index (χ4v) is 1.84. The summed E-state index contributed by atoms with van der Waals surface area (Å²) in [6.07, 6.45) is 0. The molecule has 18 heavy (non-hydrogen) atoms. The van der Waals surface area contributed by atoms with Crippen LogP contribution in [0.4, 0.5) is 0 Å². The summed E-state index contributed by atoms with van der Waals surface area (Å²) in [7, 11) is 0. The van der Waals surface area contributed by atoms with E-state index in [-0.39, 0.29) is 6.61 Å². The third kappa shape index (κ3) is 3.02. The van der Waals surface area contributed by atoms with Gasteiger partial charge in [-0.05, 0) is 23.8 Å². The Morgan fingerprint density at radius 3 is 2.67 bits per heavy atom. The van der Waals surface area contributed by atoms with Gasteiger partial charge in [-0.1, -0.05) is 41.9 Å². The molecule has 0 atom stereocenters. The fraction of sp³-hybridized carbons (Fsp3) is 0.0714. The van der Waals surface area contributed by atoms with Gasteiger partial charge >= 0.3 is 5.97 Å². The lowest BCUT2D eigenvalue weighted by Crippen LogP contribution is -2.09. The molecule has 0 unspecified atom stereocenters. The van der Waals surface area contributed by atoms with Crippen molar-refractivity contribution in [3.05, 3.63) is 53.6 Å². The molecule has 0 bridgehead atoms. The molecule has 2 aromatic carbocycles. The highest BCUT2D eigenvalue weighted by molar-refractivity contribution is 6.33. The molecule has 0 saturated carbocycles. The maximum Gasteiger partial charge on any atom is 0.341 e. The molecule has 0 aliphatic rings. The predicted octanol–water partition coefficient (Wildman–Crippen LogP) is 3.47. The van der Waals surface area contributed by atoms with E-state index < -0.39 is 5.97 Å². The Morgan fingerprint density at radius 2 is 1.94 bits per heavy atom. The lowest BCUT2D eigenvalue weighted by atomic mass is 10.1. The number of hydrogen-bond donors (Lipinski definition) is 1. The lowest BCUT2D eigenvalue weighted by molar-refractivity contribution is -0.139. The summed E-state index contributed by atoms with van der Waals surface area (Å²) in [4.78, 5) is 10.4. The van der Waals surface area contributed by atoms with E-state index in [1.165, 1.54) is 0 Å². The lowest BCUT2D eigenvalue weighted by Gasteiger charge is -2.07. The molecule has 0 aromatic heterocycles. The molecule has 0 amide bonds. The van der Waals surface area contributed by atoms with Gasteiger partial charge in [-0.2, -0.15) is 0 Å². The van der Waals surface area contributed by atoms with Crippen LogP contribution in [-0.4, -0.2) is 17.7 Å². The van der Waals surface area contributed by atoms with Crippen molar-refractivity contribution >= 4 is 17.6 Å². The second-order valence-corrected chi connectivity index (χ2v) is 4.10. The van der Waals surface area contributed by atoms with Crippen molar-refractivity contribution in [2.24, 2.45) is 0 Å². The Labute approximate surface area is 110 Å². The molecular formula is C14H11ClO3. The number of carboxylic acids is 1. The largest absolute Gasteiger partial charge is 0.482 e. The smallest absolute Gasteiger partial charge is 0.341 e. The Kier molecular flexibility index (Phi) is 3.85. The highest BCUT2D eigenvalue weighted by atomic mass is 35.5. The zero-order chi connectivity index (χ0) is 13.0. The summed E-state index contributed by atoms with van der Waals surface area (Å²) in [6.45, 7) is -0.355. The van der Waals surface area contributed by atoms with E-state index in [0.29, 0.717) is 10.8 Å². The first kappa shape index (κ1) is 12.5. The van der Waals surface area contributed by atoms with Gasteiger partial charge in [-0.15, -0.1) is 0 Å². The van der Waals surface area contributed by atoms with Crippen molar-refractivity contribution in [3.63, 3.8) is 0 Å². The molecule has 0 aliphatic carbocycles. The Hall–Kier alpha value is -2.00. The number of carbonyl (C=O) groups is 1. The monoisotopic (exact) mass is 262 g/mol. The third-order valence-electron chi connectivity index (χ3n) is 2.38. The summed E-state index contributed by atoms with van der Waals surface area (Å²) in [5, 5.41) is 9.21. The second-order valence-electron chi connectivity index (χ2n) is 3.69. The van der Waals surface area contributed by atoms with Crippen LogP contribution in [0.2, 0.25) is 5.02 Å². The first-order chi connectivity index (χ1) is 8.66. The van der Waals surface area contributed by atoms with Crippen LogP contribution in [0.5, 0.6) is 5.75 Å². The molecule has 4 heteroatoms. The number of aliphatic carboxylic acids is 1. The van der Waals surface area contributed by atoms with E-state index in [4.69, 9.17) is 21.4 Å². The maximum atomic E-state index is 10.4. The van der Waals surface area contributed by atoms with Gasteiger partial charge in [-0.3, -0.25) is 0 Å². The SMILES string of the molecule is O=C(O)COc1cccc(-c2ccccc2Cl)c1. The number of benzene rings is 2. The molecule has 0 radical (unpaired) electrons. The van der Waals surface area contributed by atoms with Crippen LogP contribution in [0, 0.1) is 0 Å². The number of halogens is 1. The molecule has 3 nitrogen and oxygen atoms in total. The van der Waals surface area contributed by atoms with Crippen molar-refractivity contribution in [2.75, 3.05) is 6.61 Å². The van der Waals surface area contributed by atoms with Gasteiger partial charge in [0.25, 0.3) is 0 Å². The first-order valence-corrected chi connectivity index (χ1v) is 5.74. The van der Waals surface area contributed by atoms with Crippen LogP contribution in [0.15, 0.2) is 48.5 Å². The van der Waals surface area contributed by atoms with E-state index in [0.717, 1.165) is 11.1 Å². The molecule has 92 valence electrons. The van der Waals surface area contributed by atoms with Crippen LogP contribution in [0.1, 0.15) is 0 Å². The minimum absolute atomic E-state index is 0.355. The number of hydrogen-bond acceptors (Lipinski definition) is 2. The Bertz CT molecular complexity index is 566. The number of rotatable bonds is 4. The maximum absolute atomic E-state index is 10.4. The normalized spacial score (nSPS) is 10.1. The number of carboxylic acid groups (broad SMARTS) is 1. The molecule has 0 spiro atoms. The second kappa shape index (κ2) is 5.56. The summed E-state index contributed by atoms with van der Waals surface area (Å²) >= 11 is 6.10. The zero-order valence-electron chi connectivity index (χ0n) is 9.47. The fourth-order valence-electron chi connectivity index (χ4n) is 1.59. The summed E-state index contributed by atoms with van der Waals surface area (Å²) in [5.41, 5.74) is 1.78. The van der Waals surface area contributed by atoms with E-state index >= 15 is 0 Å². The summed E-state index contributed by atoms with van der Waals surface area (Å²) in [6, 6.07) is 14.6. The van der Waals surface area contributed by atoms with Gasteiger partial charge in [0.1, 0.15) is 5.75 Å². The molecule has 0 heterocycles. The average Bonchev–Trinajstić information content (AvgIpc) is 2.37. The number of ether oxygens (including phenoxy) is 1. The van der Waals surface area contributed by atoms with E-state index in [1.807, 2.05) is 30.3 Å². The first-order valence-electron chi connectivity index (χ1n) is 5.36. The molecular weight excluding hydrogens is 252 g/mol. The van der Waals surface area contributed by atoms with Crippen molar-refractivity contribution in [3.8, 4) is 16.9 Å². The topological polar surface area (TPSA) is 46.5 Å². The van der Waals surface area contributed by atoms with E-state index in [1.54, 1.807) is 18.2 Å². The summed E-state index contributed by atoms with van der Waals surface area (Å²) in [5.74, 6) is -0.493. The van der Waals surface area contributed by atoms with Crippen molar-refractivity contribution in [1.29, 1.82) is 0 Å². The van der Waals surface area contributed by atoms with Crippen LogP contribution in [0.25, 0.3) is 11.1 Å². The van der Waals surface area contributed by atoms with Crippen LogP contribution < -0.4 is 4.74 Å². The summed E-state index contributed by atoms with van der Waals surface area (Å²) < 4.78 is 5.13. The third-order valence-corrected chi connectivity index (χ3v) is 2.71. The molecule has 2 aromatic rings. The van der Waals surface area contributed by atoms with Crippen LogP contribution in [-0.2, 0) is 4.79 Å². The van der Waals surface area contributed by atoms with Gasteiger partial charge < -0.3 is 9.84 Å². The molecule has 1 N–H and O–H groups in total. The quantitative estimate of drug-likeness (QED) is 0.918.